The monoisotopic (exact) mass is 366 g/mol. The fraction of sp³-hybridized carbons (Fsp3) is 0.200. The normalized spacial score (nSPS) is 12.9. The summed E-state index contributed by atoms with van der Waals surface area (Å²) in [5.74, 6) is -1.97. The Hall–Kier alpha value is -3.48. The van der Waals surface area contributed by atoms with Crippen LogP contribution in [0.4, 0.5) is 5.69 Å². The third-order valence-electron chi connectivity index (χ3n) is 4.41. The molecule has 0 atom stereocenters. The summed E-state index contributed by atoms with van der Waals surface area (Å²) in [7, 11) is 0. The quantitative estimate of drug-likeness (QED) is 0.765. The van der Waals surface area contributed by atoms with Crippen molar-refractivity contribution in [3.05, 3.63) is 64.7 Å². The Kier molecular flexibility index (Phi) is 5.03. The number of benzene rings is 2. The number of nitrogens with one attached hydrogen (secondary N) is 1. The zero-order valence-corrected chi connectivity index (χ0v) is 14.7. The van der Waals surface area contributed by atoms with Crippen molar-refractivity contribution < 1.29 is 24.3 Å². The van der Waals surface area contributed by atoms with Crippen LogP contribution in [0.5, 0.6) is 0 Å². The van der Waals surface area contributed by atoms with Gasteiger partial charge in [-0.15, -0.1) is 0 Å². The van der Waals surface area contributed by atoms with Crippen molar-refractivity contribution in [3.8, 4) is 0 Å². The van der Waals surface area contributed by atoms with Crippen LogP contribution in [0.25, 0.3) is 0 Å². The molecule has 0 saturated heterocycles. The summed E-state index contributed by atoms with van der Waals surface area (Å²) in [5, 5.41) is 11.7. The highest BCUT2D eigenvalue weighted by Gasteiger charge is 2.34. The van der Waals surface area contributed by atoms with Gasteiger partial charge in [0.25, 0.3) is 11.8 Å². The van der Waals surface area contributed by atoms with Gasteiger partial charge in [-0.1, -0.05) is 12.1 Å². The summed E-state index contributed by atoms with van der Waals surface area (Å²) >= 11 is 0. The molecule has 1 aliphatic rings. The first-order valence-corrected chi connectivity index (χ1v) is 8.47. The first-order valence-electron chi connectivity index (χ1n) is 8.47. The smallest absolute Gasteiger partial charge is 0.335 e. The zero-order chi connectivity index (χ0) is 19.6. The second-order valence-electron chi connectivity index (χ2n) is 6.29. The number of amides is 3. The molecule has 3 rings (SSSR count). The van der Waals surface area contributed by atoms with Gasteiger partial charge in [0.15, 0.2) is 0 Å². The van der Waals surface area contributed by atoms with Crippen LogP contribution in [0.1, 0.15) is 49.5 Å². The summed E-state index contributed by atoms with van der Waals surface area (Å²) in [6.45, 7) is 1.87. The second-order valence-corrected chi connectivity index (χ2v) is 6.29. The Morgan fingerprint density at radius 2 is 1.67 bits per heavy atom. The van der Waals surface area contributed by atoms with Crippen LogP contribution in [0.15, 0.2) is 42.5 Å². The Morgan fingerprint density at radius 3 is 2.22 bits per heavy atom. The largest absolute Gasteiger partial charge is 0.478 e. The first-order chi connectivity index (χ1) is 12.9. The summed E-state index contributed by atoms with van der Waals surface area (Å²) < 4.78 is 0. The predicted molar refractivity (Wildman–Crippen MR) is 97.8 cm³/mol. The molecule has 138 valence electrons. The number of carbonyl (C=O) groups excluding carboxylic acids is 3. The van der Waals surface area contributed by atoms with E-state index < -0.39 is 5.97 Å². The number of carboxylic acids is 1. The van der Waals surface area contributed by atoms with Crippen LogP contribution in [0.2, 0.25) is 0 Å². The summed E-state index contributed by atoms with van der Waals surface area (Å²) in [6, 6.07) is 11.1. The number of imide groups is 1. The maximum absolute atomic E-state index is 12.3. The van der Waals surface area contributed by atoms with Crippen LogP contribution in [-0.2, 0) is 4.79 Å². The highest BCUT2D eigenvalue weighted by molar-refractivity contribution is 6.21. The van der Waals surface area contributed by atoms with Gasteiger partial charge >= 0.3 is 5.97 Å². The lowest BCUT2D eigenvalue weighted by molar-refractivity contribution is -0.116. The number of rotatable bonds is 6. The maximum atomic E-state index is 12.3. The fourth-order valence-electron chi connectivity index (χ4n) is 2.99. The number of fused-ring (bicyclic) bond motifs is 1. The Labute approximate surface area is 155 Å². The lowest BCUT2D eigenvalue weighted by atomic mass is 10.1. The van der Waals surface area contributed by atoms with E-state index in [1.54, 1.807) is 37.3 Å². The number of hydrogen-bond acceptors (Lipinski definition) is 4. The van der Waals surface area contributed by atoms with Gasteiger partial charge in [-0.25, -0.2) is 4.79 Å². The molecule has 0 radical (unpaired) electrons. The Morgan fingerprint density at radius 1 is 1.04 bits per heavy atom. The molecule has 0 bridgehead atoms. The number of nitrogens with zero attached hydrogens (tertiary/aromatic N) is 1. The van der Waals surface area contributed by atoms with Crippen molar-refractivity contribution in [2.24, 2.45) is 0 Å². The molecule has 2 N–H and O–H groups in total. The number of aromatic carboxylic acids is 1. The van der Waals surface area contributed by atoms with E-state index in [-0.39, 0.29) is 36.3 Å². The maximum Gasteiger partial charge on any atom is 0.335 e. The van der Waals surface area contributed by atoms with Crippen molar-refractivity contribution in [1.82, 2.24) is 4.90 Å². The topological polar surface area (TPSA) is 104 Å². The zero-order valence-electron chi connectivity index (χ0n) is 14.7. The molecule has 27 heavy (non-hydrogen) atoms. The molecule has 2 aromatic rings. The standard InChI is InChI=1S/C20H18N2O5/c1-12-11-13(20(26)27)8-9-16(12)21-17(23)7-4-10-22-18(24)14-5-2-3-6-15(14)19(22)25/h2-3,5-6,8-9,11H,4,7,10H2,1H3,(H,21,23)(H,26,27). The molecular weight excluding hydrogens is 348 g/mol. The summed E-state index contributed by atoms with van der Waals surface area (Å²) in [4.78, 5) is 48.7. The Balaban J connectivity index is 1.54. The third kappa shape index (κ3) is 3.72. The molecule has 0 spiro atoms. The van der Waals surface area contributed by atoms with Crippen molar-refractivity contribution in [3.63, 3.8) is 0 Å². The van der Waals surface area contributed by atoms with Crippen LogP contribution < -0.4 is 5.32 Å². The number of carbonyl (C=O) groups is 4. The number of anilines is 1. The highest BCUT2D eigenvalue weighted by Crippen LogP contribution is 2.23. The van der Waals surface area contributed by atoms with Crippen molar-refractivity contribution in [1.29, 1.82) is 0 Å². The molecule has 0 saturated carbocycles. The lowest BCUT2D eigenvalue weighted by Crippen LogP contribution is -2.31. The van der Waals surface area contributed by atoms with Gasteiger partial charge < -0.3 is 10.4 Å². The molecule has 0 fully saturated rings. The summed E-state index contributed by atoms with van der Waals surface area (Å²) in [6.07, 6.45) is 0.469. The van der Waals surface area contributed by atoms with Crippen LogP contribution in [-0.4, -0.2) is 40.2 Å². The van der Waals surface area contributed by atoms with Gasteiger partial charge in [0.1, 0.15) is 0 Å². The van der Waals surface area contributed by atoms with E-state index in [4.69, 9.17) is 5.11 Å². The van der Waals surface area contributed by atoms with E-state index in [2.05, 4.69) is 5.32 Å². The Bertz CT molecular complexity index is 916. The third-order valence-corrected chi connectivity index (χ3v) is 4.41. The molecule has 0 aromatic heterocycles. The average Bonchev–Trinajstić information content (AvgIpc) is 2.88. The second kappa shape index (κ2) is 7.41. The first kappa shape index (κ1) is 18.3. The van der Waals surface area contributed by atoms with Gasteiger partial charge in [0, 0.05) is 18.7 Å². The van der Waals surface area contributed by atoms with Crippen molar-refractivity contribution in [2.45, 2.75) is 19.8 Å². The van der Waals surface area contributed by atoms with Gasteiger partial charge in [-0.05, 0) is 49.2 Å². The molecule has 3 amide bonds. The van der Waals surface area contributed by atoms with E-state index in [0.717, 1.165) is 4.90 Å². The molecule has 0 aliphatic carbocycles. The predicted octanol–water partition coefficient (Wildman–Crippen LogP) is 2.71. The minimum Gasteiger partial charge on any atom is -0.478 e. The molecule has 7 nitrogen and oxygen atoms in total. The summed E-state index contributed by atoms with van der Waals surface area (Å²) in [5.41, 5.74) is 2.10. The van der Waals surface area contributed by atoms with Crippen molar-refractivity contribution in [2.75, 3.05) is 11.9 Å². The fourth-order valence-corrected chi connectivity index (χ4v) is 2.99. The average molecular weight is 366 g/mol. The molecular formula is C20H18N2O5. The minimum absolute atomic E-state index is 0.132. The van der Waals surface area contributed by atoms with E-state index in [9.17, 15) is 19.2 Å². The van der Waals surface area contributed by atoms with E-state index in [1.165, 1.54) is 12.1 Å². The molecule has 7 heteroatoms. The lowest BCUT2D eigenvalue weighted by Gasteiger charge is -2.14. The van der Waals surface area contributed by atoms with E-state index in [1.807, 2.05) is 0 Å². The van der Waals surface area contributed by atoms with E-state index >= 15 is 0 Å². The van der Waals surface area contributed by atoms with Crippen LogP contribution >= 0.6 is 0 Å². The van der Waals surface area contributed by atoms with Crippen LogP contribution in [0, 0.1) is 6.92 Å². The minimum atomic E-state index is -1.03. The molecule has 2 aromatic carbocycles. The van der Waals surface area contributed by atoms with Gasteiger partial charge in [-0.3, -0.25) is 19.3 Å². The van der Waals surface area contributed by atoms with Crippen molar-refractivity contribution >= 4 is 29.4 Å². The molecule has 1 aliphatic heterocycles. The van der Waals surface area contributed by atoms with Gasteiger partial charge in [0.05, 0.1) is 16.7 Å². The van der Waals surface area contributed by atoms with Crippen LogP contribution in [0.3, 0.4) is 0 Å². The number of hydrogen-bond donors (Lipinski definition) is 2. The molecule has 0 unspecified atom stereocenters. The number of aryl methyl sites for hydroxylation is 1. The highest BCUT2D eigenvalue weighted by atomic mass is 16.4. The SMILES string of the molecule is Cc1cc(C(=O)O)ccc1NC(=O)CCCN1C(=O)c2ccccc2C1=O. The van der Waals surface area contributed by atoms with Gasteiger partial charge in [-0.2, -0.15) is 0 Å². The molecule has 1 heterocycles. The van der Waals surface area contributed by atoms with E-state index in [0.29, 0.717) is 28.8 Å². The van der Waals surface area contributed by atoms with Gasteiger partial charge in [0.2, 0.25) is 5.91 Å². The number of carboxylic acid groups (broad SMARTS) is 1.